The SMILES string of the molecule is c1ccc(-c2cc(-c3cccc(-n4c5ccccc5c5c6oc(-c7ccccc7)nc6ccc54)c3)nc(-c3ccccc3)n2)cc1. The highest BCUT2D eigenvalue weighted by Gasteiger charge is 2.19. The minimum absolute atomic E-state index is 0.620. The van der Waals surface area contributed by atoms with Gasteiger partial charge in [-0.25, -0.2) is 15.0 Å². The molecule has 0 saturated heterocycles. The summed E-state index contributed by atoms with van der Waals surface area (Å²) in [6, 6.07) is 53.8. The topological polar surface area (TPSA) is 56.7 Å². The second-order valence-corrected chi connectivity index (χ2v) is 11.3. The first-order valence-corrected chi connectivity index (χ1v) is 15.3. The van der Waals surface area contributed by atoms with Crippen LogP contribution in [0.15, 0.2) is 162 Å². The standard InChI is InChI=1S/C41H26N4O/c1-4-13-27(14-5-1)34-26-35(43-40(42-34)28-15-6-2-7-16-28)30-19-12-20-31(25-30)45-36-22-11-10-21-32(36)38-37(45)24-23-33-39(38)46-41(44-33)29-17-8-3-9-18-29/h1-26H. The van der Waals surface area contributed by atoms with Crippen molar-refractivity contribution in [2.75, 3.05) is 0 Å². The van der Waals surface area contributed by atoms with Crippen molar-refractivity contribution < 1.29 is 4.42 Å². The van der Waals surface area contributed by atoms with Crippen molar-refractivity contribution in [3.05, 3.63) is 158 Å². The van der Waals surface area contributed by atoms with E-state index in [4.69, 9.17) is 19.4 Å². The first kappa shape index (κ1) is 26.1. The number of aromatic nitrogens is 4. The monoisotopic (exact) mass is 590 g/mol. The minimum Gasteiger partial charge on any atom is -0.435 e. The summed E-state index contributed by atoms with van der Waals surface area (Å²) in [5.74, 6) is 1.32. The lowest BCUT2D eigenvalue weighted by Crippen LogP contribution is -1.97. The fraction of sp³-hybridized carbons (Fsp3) is 0. The van der Waals surface area contributed by atoms with E-state index in [-0.39, 0.29) is 0 Å². The number of benzene rings is 6. The van der Waals surface area contributed by atoms with E-state index in [1.165, 1.54) is 0 Å². The van der Waals surface area contributed by atoms with Gasteiger partial charge in [0.05, 0.1) is 27.8 Å². The van der Waals surface area contributed by atoms with Crippen LogP contribution in [-0.4, -0.2) is 19.5 Å². The number of hydrogen-bond acceptors (Lipinski definition) is 4. The van der Waals surface area contributed by atoms with Gasteiger partial charge in [0.2, 0.25) is 5.89 Å². The number of nitrogens with zero attached hydrogens (tertiary/aromatic N) is 4. The summed E-state index contributed by atoms with van der Waals surface area (Å²) in [5.41, 5.74) is 10.5. The largest absolute Gasteiger partial charge is 0.435 e. The molecule has 0 N–H and O–H groups in total. The van der Waals surface area contributed by atoms with Gasteiger partial charge in [0, 0.05) is 33.3 Å². The molecule has 0 amide bonds. The molecule has 46 heavy (non-hydrogen) atoms. The number of para-hydroxylation sites is 1. The van der Waals surface area contributed by atoms with Crippen LogP contribution in [0.1, 0.15) is 0 Å². The van der Waals surface area contributed by atoms with Crippen molar-refractivity contribution in [1.82, 2.24) is 19.5 Å². The molecule has 0 radical (unpaired) electrons. The molecule has 5 heteroatoms. The van der Waals surface area contributed by atoms with Gasteiger partial charge in [-0.1, -0.05) is 109 Å². The van der Waals surface area contributed by atoms with E-state index in [1.807, 2.05) is 66.7 Å². The highest BCUT2D eigenvalue weighted by atomic mass is 16.3. The van der Waals surface area contributed by atoms with Crippen molar-refractivity contribution in [3.8, 4) is 51.0 Å². The molecule has 0 bridgehead atoms. The van der Waals surface area contributed by atoms with Crippen molar-refractivity contribution in [3.63, 3.8) is 0 Å². The molecule has 0 aliphatic carbocycles. The lowest BCUT2D eigenvalue weighted by Gasteiger charge is -2.12. The van der Waals surface area contributed by atoms with Gasteiger partial charge >= 0.3 is 0 Å². The Hall–Kier alpha value is -6.33. The van der Waals surface area contributed by atoms with Crippen LogP contribution < -0.4 is 0 Å². The van der Waals surface area contributed by atoms with Gasteiger partial charge in [-0.15, -0.1) is 0 Å². The molecule has 0 aliphatic heterocycles. The lowest BCUT2D eigenvalue weighted by atomic mass is 10.1. The van der Waals surface area contributed by atoms with E-state index >= 15 is 0 Å². The van der Waals surface area contributed by atoms with Crippen LogP contribution in [0.2, 0.25) is 0 Å². The molecule has 9 rings (SSSR count). The fourth-order valence-electron chi connectivity index (χ4n) is 6.29. The lowest BCUT2D eigenvalue weighted by molar-refractivity contribution is 0.623. The van der Waals surface area contributed by atoms with Gasteiger partial charge in [0.25, 0.3) is 0 Å². The van der Waals surface area contributed by atoms with Gasteiger partial charge in [-0.05, 0) is 48.5 Å². The molecule has 0 unspecified atom stereocenters. The van der Waals surface area contributed by atoms with Crippen LogP contribution in [0.3, 0.4) is 0 Å². The Balaban J connectivity index is 1.24. The number of fused-ring (bicyclic) bond motifs is 5. The van der Waals surface area contributed by atoms with E-state index in [1.54, 1.807) is 0 Å². The van der Waals surface area contributed by atoms with E-state index in [0.29, 0.717) is 11.7 Å². The molecule has 9 aromatic rings. The number of rotatable bonds is 5. The first-order valence-electron chi connectivity index (χ1n) is 15.3. The minimum atomic E-state index is 0.620. The Bertz CT molecular complexity index is 2460. The van der Waals surface area contributed by atoms with Crippen LogP contribution in [0.5, 0.6) is 0 Å². The zero-order valence-corrected chi connectivity index (χ0v) is 24.7. The molecule has 0 spiro atoms. The average Bonchev–Trinajstić information content (AvgIpc) is 3.72. The van der Waals surface area contributed by atoms with E-state index < -0.39 is 0 Å². The van der Waals surface area contributed by atoms with Gasteiger partial charge in [-0.2, -0.15) is 0 Å². The van der Waals surface area contributed by atoms with Gasteiger partial charge in [-0.3, -0.25) is 0 Å². The summed E-state index contributed by atoms with van der Waals surface area (Å²) < 4.78 is 8.79. The third kappa shape index (κ3) is 4.37. The smallest absolute Gasteiger partial charge is 0.227 e. The summed E-state index contributed by atoms with van der Waals surface area (Å²) in [6.07, 6.45) is 0. The molecule has 3 aromatic heterocycles. The zero-order valence-electron chi connectivity index (χ0n) is 24.7. The summed E-state index contributed by atoms with van der Waals surface area (Å²) in [5, 5.41) is 2.16. The molecule has 0 fully saturated rings. The highest BCUT2D eigenvalue weighted by Crippen LogP contribution is 2.39. The molecule has 0 aliphatic rings. The van der Waals surface area contributed by atoms with Crippen molar-refractivity contribution >= 4 is 32.9 Å². The van der Waals surface area contributed by atoms with E-state index in [2.05, 4.69) is 95.6 Å². The second kappa shape index (κ2) is 10.7. The normalized spacial score (nSPS) is 11.5. The van der Waals surface area contributed by atoms with Crippen LogP contribution in [0, 0.1) is 0 Å². The van der Waals surface area contributed by atoms with Crippen LogP contribution in [-0.2, 0) is 0 Å². The van der Waals surface area contributed by atoms with Crippen molar-refractivity contribution in [2.24, 2.45) is 0 Å². The summed E-state index contributed by atoms with van der Waals surface area (Å²) in [7, 11) is 0. The molecular weight excluding hydrogens is 564 g/mol. The highest BCUT2D eigenvalue weighted by molar-refractivity contribution is 6.19. The Labute approximate surface area is 265 Å². The summed E-state index contributed by atoms with van der Waals surface area (Å²) in [4.78, 5) is 14.9. The predicted molar refractivity (Wildman–Crippen MR) is 186 cm³/mol. The Morgan fingerprint density at radius 1 is 0.457 bits per heavy atom. The quantitative estimate of drug-likeness (QED) is 0.200. The molecule has 0 saturated carbocycles. The van der Waals surface area contributed by atoms with Gasteiger partial charge in [0.15, 0.2) is 11.4 Å². The average molecular weight is 591 g/mol. The Morgan fingerprint density at radius 2 is 1.09 bits per heavy atom. The third-order valence-electron chi connectivity index (χ3n) is 8.44. The maximum absolute atomic E-state index is 6.49. The van der Waals surface area contributed by atoms with Crippen molar-refractivity contribution in [1.29, 1.82) is 0 Å². The van der Waals surface area contributed by atoms with Gasteiger partial charge in [0.1, 0.15) is 5.52 Å². The predicted octanol–water partition coefficient (Wildman–Crippen LogP) is 10.4. The second-order valence-electron chi connectivity index (χ2n) is 11.3. The number of hydrogen-bond donors (Lipinski definition) is 0. The van der Waals surface area contributed by atoms with Crippen molar-refractivity contribution in [2.45, 2.75) is 0 Å². The zero-order chi connectivity index (χ0) is 30.5. The van der Waals surface area contributed by atoms with Crippen LogP contribution in [0.4, 0.5) is 0 Å². The third-order valence-corrected chi connectivity index (χ3v) is 8.44. The number of oxazole rings is 1. The molecule has 3 heterocycles. The summed E-state index contributed by atoms with van der Waals surface area (Å²) >= 11 is 0. The van der Waals surface area contributed by atoms with Gasteiger partial charge < -0.3 is 8.98 Å². The molecule has 216 valence electrons. The molecule has 6 aromatic carbocycles. The Morgan fingerprint density at radius 3 is 1.85 bits per heavy atom. The fourth-order valence-corrected chi connectivity index (χ4v) is 6.29. The van der Waals surface area contributed by atoms with E-state index in [0.717, 1.165) is 72.2 Å². The maximum Gasteiger partial charge on any atom is 0.227 e. The van der Waals surface area contributed by atoms with Crippen LogP contribution in [0.25, 0.3) is 83.9 Å². The van der Waals surface area contributed by atoms with E-state index in [9.17, 15) is 0 Å². The maximum atomic E-state index is 6.49. The molecule has 5 nitrogen and oxygen atoms in total. The first-order chi connectivity index (χ1) is 22.8. The molecular formula is C41H26N4O. The summed E-state index contributed by atoms with van der Waals surface area (Å²) in [6.45, 7) is 0. The Kier molecular flexibility index (Phi) is 6.06. The molecule has 0 atom stereocenters. The van der Waals surface area contributed by atoms with Crippen LogP contribution >= 0.6 is 0 Å².